The molecule has 0 aromatic heterocycles. The summed E-state index contributed by atoms with van der Waals surface area (Å²) in [7, 11) is 1.79. The van der Waals surface area contributed by atoms with Crippen LogP contribution in [-0.4, -0.2) is 36.2 Å². The number of nitrogens with two attached hydrogens (primary N) is 1. The van der Waals surface area contributed by atoms with Gasteiger partial charge in [0.15, 0.2) is 0 Å². The van der Waals surface area contributed by atoms with E-state index in [-0.39, 0.29) is 6.09 Å². The van der Waals surface area contributed by atoms with Crippen molar-refractivity contribution in [3.8, 4) is 0 Å². The first-order valence-corrected chi connectivity index (χ1v) is 6.49. The van der Waals surface area contributed by atoms with Crippen molar-refractivity contribution in [2.45, 2.75) is 58.1 Å². The van der Waals surface area contributed by atoms with E-state index in [0.717, 1.165) is 19.4 Å². The minimum atomic E-state index is -0.422. The quantitative estimate of drug-likeness (QED) is 0.826. The molecule has 0 aliphatic heterocycles. The van der Waals surface area contributed by atoms with Crippen LogP contribution in [0.2, 0.25) is 0 Å². The van der Waals surface area contributed by atoms with Crippen molar-refractivity contribution in [3.05, 3.63) is 0 Å². The molecule has 0 heterocycles. The smallest absolute Gasteiger partial charge is 0.410 e. The summed E-state index contributed by atoms with van der Waals surface area (Å²) in [4.78, 5) is 13.4. The molecule has 2 N–H and O–H groups in total. The highest BCUT2D eigenvalue weighted by Crippen LogP contribution is 2.26. The Morgan fingerprint density at radius 3 is 2.53 bits per heavy atom. The summed E-state index contributed by atoms with van der Waals surface area (Å²) in [5, 5.41) is 0. The van der Waals surface area contributed by atoms with Crippen molar-refractivity contribution < 1.29 is 9.53 Å². The van der Waals surface area contributed by atoms with Gasteiger partial charge in [-0.2, -0.15) is 0 Å². The fraction of sp³-hybridized carbons (Fsp3) is 0.923. The van der Waals surface area contributed by atoms with E-state index in [4.69, 9.17) is 10.5 Å². The maximum atomic E-state index is 11.7. The molecule has 1 saturated carbocycles. The van der Waals surface area contributed by atoms with Gasteiger partial charge in [0.2, 0.25) is 0 Å². The maximum absolute atomic E-state index is 11.7. The van der Waals surface area contributed by atoms with Crippen molar-refractivity contribution in [1.82, 2.24) is 4.90 Å². The van der Waals surface area contributed by atoms with Gasteiger partial charge < -0.3 is 15.4 Å². The molecule has 2 atom stereocenters. The third kappa shape index (κ3) is 4.94. The second-order valence-corrected chi connectivity index (χ2v) is 6.05. The van der Waals surface area contributed by atoms with Crippen LogP contribution in [0.4, 0.5) is 4.79 Å². The molecule has 0 aromatic carbocycles. The summed E-state index contributed by atoms with van der Waals surface area (Å²) in [6, 6.07) is 0.321. The predicted molar refractivity (Wildman–Crippen MR) is 68.8 cm³/mol. The summed E-state index contributed by atoms with van der Waals surface area (Å²) in [6.07, 6.45) is 4.28. The molecule has 1 aliphatic carbocycles. The average molecular weight is 242 g/mol. The van der Waals surface area contributed by atoms with Gasteiger partial charge in [-0.05, 0) is 46.0 Å². The van der Waals surface area contributed by atoms with Gasteiger partial charge in [0.1, 0.15) is 5.60 Å². The van der Waals surface area contributed by atoms with Gasteiger partial charge in [0.05, 0.1) is 0 Å². The van der Waals surface area contributed by atoms with Gasteiger partial charge in [0.25, 0.3) is 0 Å². The van der Waals surface area contributed by atoms with E-state index in [1.165, 1.54) is 12.8 Å². The number of nitrogens with zero attached hydrogens (tertiary/aromatic N) is 1. The fourth-order valence-corrected chi connectivity index (χ4v) is 2.21. The number of hydrogen-bond acceptors (Lipinski definition) is 3. The molecule has 1 fully saturated rings. The van der Waals surface area contributed by atoms with E-state index in [1.807, 2.05) is 20.8 Å². The number of hydrogen-bond donors (Lipinski definition) is 1. The standard InChI is InChI=1S/C13H26N2O2/c1-13(2,3)17-12(16)15(4)9-8-10-6-5-7-11(10)14/h10-11H,5-9,14H2,1-4H3/t10?,11-/m1/s1. The second kappa shape index (κ2) is 5.71. The lowest BCUT2D eigenvalue weighted by molar-refractivity contribution is 0.0289. The number of carbonyl (C=O) groups is 1. The monoisotopic (exact) mass is 242 g/mol. The number of amides is 1. The lowest BCUT2D eigenvalue weighted by Crippen LogP contribution is -2.36. The van der Waals surface area contributed by atoms with Gasteiger partial charge in [-0.3, -0.25) is 0 Å². The van der Waals surface area contributed by atoms with Crippen molar-refractivity contribution in [2.75, 3.05) is 13.6 Å². The zero-order valence-corrected chi connectivity index (χ0v) is 11.5. The first-order valence-electron chi connectivity index (χ1n) is 6.49. The molecule has 4 heteroatoms. The summed E-state index contributed by atoms with van der Waals surface area (Å²) < 4.78 is 5.30. The first-order chi connectivity index (χ1) is 7.79. The van der Waals surface area contributed by atoms with Gasteiger partial charge >= 0.3 is 6.09 Å². The molecule has 100 valence electrons. The van der Waals surface area contributed by atoms with Crippen LogP contribution in [0.1, 0.15) is 46.5 Å². The van der Waals surface area contributed by atoms with Gasteiger partial charge in [-0.25, -0.2) is 4.79 Å². The van der Waals surface area contributed by atoms with Crippen molar-refractivity contribution in [2.24, 2.45) is 11.7 Å². The van der Waals surface area contributed by atoms with Gasteiger partial charge in [-0.15, -0.1) is 0 Å². The molecule has 1 amide bonds. The Hall–Kier alpha value is -0.770. The zero-order valence-electron chi connectivity index (χ0n) is 11.5. The van der Waals surface area contributed by atoms with Gasteiger partial charge in [-0.1, -0.05) is 6.42 Å². The van der Waals surface area contributed by atoms with Crippen molar-refractivity contribution >= 4 is 6.09 Å². The Bertz CT molecular complexity index is 261. The fourth-order valence-electron chi connectivity index (χ4n) is 2.21. The molecule has 0 saturated heterocycles. The molecule has 1 unspecified atom stereocenters. The zero-order chi connectivity index (χ0) is 13.1. The second-order valence-electron chi connectivity index (χ2n) is 6.05. The normalized spacial score (nSPS) is 24.8. The highest BCUT2D eigenvalue weighted by Gasteiger charge is 2.25. The molecule has 4 nitrogen and oxygen atoms in total. The molecular formula is C13H26N2O2. The highest BCUT2D eigenvalue weighted by atomic mass is 16.6. The van der Waals surface area contributed by atoms with E-state index < -0.39 is 5.60 Å². The molecule has 1 aliphatic rings. The third-order valence-corrected chi connectivity index (χ3v) is 3.26. The van der Waals surface area contributed by atoms with Crippen LogP contribution in [0.5, 0.6) is 0 Å². The molecule has 0 aromatic rings. The van der Waals surface area contributed by atoms with E-state index in [9.17, 15) is 4.79 Å². The predicted octanol–water partition coefficient (Wildman–Crippen LogP) is 2.37. The summed E-state index contributed by atoms with van der Waals surface area (Å²) in [6.45, 7) is 6.37. The molecule has 17 heavy (non-hydrogen) atoms. The van der Waals surface area contributed by atoms with Crippen LogP contribution in [0.3, 0.4) is 0 Å². The molecular weight excluding hydrogens is 216 g/mol. The van der Waals surface area contributed by atoms with Gasteiger partial charge in [0, 0.05) is 19.6 Å². The number of rotatable bonds is 3. The molecule has 1 rings (SSSR count). The minimum absolute atomic E-state index is 0.246. The molecule has 0 spiro atoms. The lowest BCUT2D eigenvalue weighted by Gasteiger charge is -2.26. The van der Waals surface area contributed by atoms with E-state index in [2.05, 4.69) is 0 Å². The van der Waals surface area contributed by atoms with Crippen molar-refractivity contribution in [3.63, 3.8) is 0 Å². The molecule has 0 bridgehead atoms. The number of carbonyl (C=O) groups excluding carboxylic acids is 1. The van der Waals surface area contributed by atoms with Crippen LogP contribution in [0.15, 0.2) is 0 Å². The third-order valence-electron chi connectivity index (χ3n) is 3.26. The van der Waals surface area contributed by atoms with Crippen LogP contribution in [0, 0.1) is 5.92 Å². The Balaban J connectivity index is 2.29. The Morgan fingerprint density at radius 1 is 1.41 bits per heavy atom. The van der Waals surface area contributed by atoms with Crippen LogP contribution in [-0.2, 0) is 4.74 Å². The lowest BCUT2D eigenvalue weighted by atomic mass is 10.0. The van der Waals surface area contributed by atoms with Crippen LogP contribution in [0.25, 0.3) is 0 Å². The summed E-state index contributed by atoms with van der Waals surface area (Å²) in [5.41, 5.74) is 5.59. The van der Waals surface area contributed by atoms with E-state index >= 15 is 0 Å². The Labute approximate surface area is 104 Å². The molecule has 0 radical (unpaired) electrons. The largest absolute Gasteiger partial charge is 0.444 e. The highest BCUT2D eigenvalue weighted by molar-refractivity contribution is 5.67. The van der Waals surface area contributed by atoms with Crippen LogP contribution >= 0.6 is 0 Å². The van der Waals surface area contributed by atoms with Crippen LogP contribution < -0.4 is 5.73 Å². The first kappa shape index (κ1) is 14.3. The Morgan fingerprint density at radius 2 is 2.06 bits per heavy atom. The minimum Gasteiger partial charge on any atom is -0.444 e. The summed E-state index contributed by atoms with van der Waals surface area (Å²) >= 11 is 0. The maximum Gasteiger partial charge on any atom is 0.410 e. The topological polar surface area (TPSA) is 55.6 Å². The number of ether oxygens (including phenoxy) is 1. The average Bonchev–Trinajstić information content (AvgIpc) is 2.57. The Kier molecular flexibility index (Phi) is 4.80. The van der Waals surface area contributed by atoms with Crippen molar-refractivity contribution in [1.29, 1.82) is 0 Å². The SMILES string of the molecule is CN(CCC1CCC[C@H]1N)C(=O)OC(C)(C)C. The summed E-state index contributed by atoms with van der Waals surface area (Å²) in [5.74, 6) is 0.569. The van der Waals surface area contributed by atoms with E-state index in [1.54, 1.807) is 11.9 Å². The van der Waals surface area contributed by atoms with E-state index in [0.29, 0.717) is 12.0 Å².